The fourth-order valence-electron chi connectivity index (χ4n) is 1.88. The summed E-state index contributed by atoms with van der Waals surface area (Å²) in [5.74, 6) is -2.55. The van der Waals surface area contributed by atoms with E-state index in [4.69, 9.17) is 5.11 Å². The summed E-state index contributed by atoms with van der Waals surface area (Å²) in [7, 11) is -2.46. The molecule has 0 aliphatic rings. The molecule has 1 atom stereocenters. The molecule has 25 heavy (non-hydrogen) atoms. The minimum atomic E-state index is -3.84. The summed E-state index contributed by atoms with van der Waals surface area (Å²) in [6, 6.07) is 2.86. The zero-order chi connectivity index (χ0) is 19.4. The molecule has 0 spiro atoms. The Bertz CT molecular complexity index is 737. The molecule has 10 heteroatoms. The summed E-state index contributed by atoms with van der Waals surface area (Å²) in [6.07, 6.45) is -3.96. The number of carboxylic acid groups (broad SMARTS) is 1. The van der Waals surface area contributed by atoms with Gasteiger partial charge in [-0.3, -0.25) is 4.79 Å². The maximum Gasteiger partial charge on any atom is 0.326 e. The first-order valence-electron chi connectivity index (χ1n) is 7.36. The number of hydrogen-bond donors (Lipinski definition) is 2. The van der Waals surface area contributed by atoms with Gasteiger partial charge in [0.1, 0.15) is 6.04 Å². The van der Waals surface area contributed by atoms with Crippen molar-refractivity contribution in [3.8, 4) is 0 Å². The number of hydrogen-bond acceptors (Lipinski definition) is 4. The second kappa shape index (κ2) is 8.34. The van der Waals surface area contributed by atoms with Crippen molar-refractivity contribution in [1.82, 2.24) is 9.62 Å². The predicted molar refractivity (Wildman–Crippen MR) is 86.0 cm³/mol. The number of nitrogens with zero attached hydrogens (tertiary/aromatic N) is 1. The average Bonchev–Trinajstić information content (AvgIpc) is 2.52. The predicted octanol–water partition coefficient (Wildman–Crippen LogP) is 1.55. The Balaban J connectivity index is 3.08. The van der Waals surface area contributed by atoms with Gasteiger partial charge in [0.15, 0.2) is 0 Å². The fourth-order valence-corrected chi connectivity index (χ4v) is 3.30. The molecule has 0 aliphatic carbocycles. The summed E-state index contributed by atoms with van der Waals surface area (Å²) >= 11 is 0. The molecule has 0 radical (unpaired) electrons. The Morgan fingerprint density at radius 2 is 1.88 bits per heavy atom. The minimum Gasteiger partial charge on any atom is -0.480 e. The number of benzene rings is 1. The molecule has 1 amide bonds. The molecule has 0 bridgehead atoms. The second-order valence-corrected chi connectivity index (χ2v) is 7.63. The Kier molecular flexibility index (Phi) is 7.00. The van der Waals surface area contributed by atoms with Gasteiger partial charge in [0.25, 0.3) is 5.91 Å². The van der Waals surface area contributed by atoms with Gasteiger partial charge in [-0.05, 0) is 32.0 Å². The second-order valence-electron chi connectivity index (χ2n) is 5.63. The van der Waals surface area contributed by atoms with Crippen LogP contribution in [-0.2, 0) is 14.8 Å². The van der Waals surface area contributed by atoms with Gasteiger partial charge in [-0.25, -0.2) is 22.0 Å². The van der Waals surface area contributed by atoms with E-state index in [0.29, 0.717) is 0 Å². The van der Waals surface area contributed by atoms with Crippen molar-refractivity contribution >= 4 is 21.9 Å². The first-order chi connectivity index (χ1) is 11.5. The molecule has 1 aromatic rings. The molecule has 1 aromatic carbocycles. The number of carbonyl (C=O) groups is 2. The molecule has 7 nitrogen and oxygen atoms in total. The standard InChI is InChI=1S/C15H20F2N2O5S/c1-9(2)19(3)25(23,24)11-6-4-5-10(7-11)14(20)18-12(15(21)22)8-13(16)17/h4-7,9,12-13H,8H2,1-3H3,(H,18,20)(H,21,22). The molecule has 1 unspecified atom stereocenters. The highest BCUT2D eigenvalue weighted by molar-refractivity contribution is 7.89. The lowest BCUT2D eigenvalue weighted by Gasteiger charge is -2.21. The third-order valence-electron chi connectivity index (χ3n) is 3.52. The van der Waals surface area contributed by atoms with E-state index >= 15 is 0 Å². The number of amides is 1. The van der Waals surface area contributed by atoms with E-state index in [0.717, 1.165) is 10.4 Å². The molecule has 2 N–H and O–H groups in total. The number of alkyl halides is 2. The van der Waals surface area contributed by atoms with Crippen molar-refractivity contribution in [2.45, 2.75) is 43.7 Å². The van der Waals surface area contributed by atoms with Crippen LogP contribution in [0.2, 0.25) is 0 Å². The number of halogens is 2. The summed E-state index contributed by atoms with van der Waals surface area (Å²) in [5, 5.41) is 10.9. The van der Waals surface area contributed by atoms with Gasteiger partial charge in [0, 0.05) is 25.1 Å². The SMILES string of the molecule is CC(C)N(C)S(=O)(=O)c1cccc(C(=O)NC(CC(F)F)C(=O)O)c1. The number of sulfonamides is 1. The molecule has 0 aliphatic heterocycles. The largest absolute Gasteiger partial charge is 0.480 e. The van der Waals surface area contributed by atoms with Gasteiger partial charge >= 0.3 is 5.97 Å². The van der Waals surface area contributed by atoms with Gasteiger partial charge in [-0.1, -0.05) is 6.07 Å². The Hall–Kier alpha value is -2.07. The van der Waals surface area contributed by atoms with E-state index in [9.17, 15) is 26.8 Å². The van der Waals surface area contributed by atoms with Gasteiger partial charge in [-0.2, -0.15) is 4.31 Å². The molecule has 0 saturated heterocycles. The lowest BCUT2D eigenvalue weighted by Crippen LogP contribution is -2.42. The van der Waals surface area contributed by atoms with Gasteiger partial charge in [0.05, 0.1) is 4.90 Å². The maximum atomic E-state index is 12.4. The van der Waals surface area contributed by atoms with Gasteiger partial charge < -0.3 is 10.4 Å². The zero-order valence-corrected chi connectivity index (χ0v) is 14.8. The molecule has 1 rings (SSSR count). The van der Waals surface area contributed by atoms with Crippen molar-refractivity contribution in [2.24, 2.45) is 0 Å². The summed E-state index contributed by atoms with van der Waals surface area (Å²) in [6.45, 7) is 3.35. The molecule has 0 fully saturated rings. The Morgan fingerprint density at radius 1 is 1.28 bits per heavy atom. The number of nitrogens with one attached hydrogen (secondary N) is 1. The first kappa shape index (κ1) is 21.0. The van der Waals surface area contributed by atoms with Crippen LogP contribution in [0.5, 0.6) is 0 Å². The lowest BCUT2D eigenvalue weighted by molar-refractivity contribution is -0.140. The van der Waals surface area contributed by atoms with Crippen LogP contribution in [0.4, 0.5) is 8.78 Å². The van der Waals surface area contributed by atoms with E-state index in [2.05, 4.69) is 0 Å². The third kappa shape index (κ3) is 5.46. The summed E-state index contributed by atoms with van der Waals surface area (Å²) in [5.41, 5.74) is -0.140. The van der Waals surface area contributed by atoms with E-state index < -0.39 is 40.8 Å². The molecule has 0 saturated carbocycles. The van der Waals surface area contributed by atoms with E-state index in [1.54, 1.807) is 13.8 Å². The van der Waals surface area contributed by atoms with Crippen molar-refractivity contribution in [3.05, 3.63) is 29.8 Å². The topological polar surface area (TPSA) is 104 Å². The third-order valence-corrected chi connectivity index (χ3v) is 5.55. The highest BCUT2D eigenvalue weighted by Crippen LogP contribution is 2.18. The van der Waals surface area contributed by atoms with Crippen LogP contribution < -0.4 is 5.32 Å². The number of carbonyl (C=O) groups excluding carboxylic acids is 1. The molecular formula is C15H20F2N2O5S. The van der Waals surface area contributed by atoms with Crippen LogP contribution in [0.3, 0.4) is 0 Å². The molecule has 140 valence electrons. The normalized spacial score (nSPS) is 13.3. The van der Waals surface area contributed by atoms with E-state index in [-0.39, 0.29) is 16.5 Å². The Morgan fingerprint density at radius 3 is 2.36 bits per heavy atom. The number of rotatable bonds is 8. The van der Waals surface area contributed by atoms with Crippen LogP contribution in [0.25, 0.3) is 0 Å². The smallest absolute Gasteiger partial charge is 0.326 e. The first-order valence-corrected chi connectivity index (χ1v) is 8.80. The van der Waals surface area contributed by atoms with Crippen molar-refractivity contribution < 1.29 is 31.9 Å². The highest BCUT2D eigenvalue weighted by atomic mass is 32.2. The molecule has 0 aromatic heterocycles. The van der Waals surface area contributed by atoms with Crippen LogP contribution in [-0.4, -0.2) is 55.3 Å². The molecule has 0 heterocycles. The minimum absolute atomic E-state index is 0.140. The van der Waals surface area contributed by atoms with Gasteiger partial charge in [0.2, 0.25) is 16.4 Å². The number of aliphatic carboxylic acids is 1. The van der Waals surface area contributed by atoms with E-state index in [1.807, 2.05) is 5.32 Å². The van der Waals surface area contributed by atoms with Gasteiger partial charge in [-0.15, -0.1) is 0 Å². The quantitative estimate of drug-likeness (QED) is 0.714. The van der Waals surface area contributed by atoms with Crippen molar-refractivity contribution in [3.63, 3.8) is 0 Å². The fraction of sp³-hybridized carbons (Fsp3) is 0.467. The average molecular weight is 378 g/mol. The van der Waals surface area contributed by atoms with Crippen LogP contribution >= 0.6 is 0 Å². The van der Waals surface area contributed by atoms with Crippen molar-refractivity contribution in [2.75, 3.05) is 7.05 Å². The maximum absolute atomic E-state index is 12.4. The van der Waals surface area contributed by atoms with Crippen molar-refractivity contribution in [1.29, 1.82) is 0 Å². The molecular weight excluding hydrogens is 358 g/mol. The number of carboxylic acids is 1. The Labute approximate surface area is 144 Å². The monoisotopic (exact) mass is 378 g/mol. The van der Waals surface area contributed by atoms with Crippen LogP contribution in [0.1, 0.15) is 30.6 Å². The summed E-state index contributed by atoms with van der Waals surface area (Å²) in [4.78, 5) is 22.9. The highest BCUT2D eigenvalue weighted by Gasteiger charge is 2.26. The zero-order valence-electron chi connectivity index (χ0n) is 13.9. The summed E-state index contributed by atoms with van der Waals surface area (Å²) < 4.78 is 50.7. The van der Waals surface area contributed by atoms with E-state index in [1.165, 1.54) is 25.2 Å². The van der Waals surface area contributed by atoms with Crippen LogP contribution in [0.15, 0.2) is 29.2 Å². The van der Waals surface area contributed by atoms with Crippen LogP contribution in [0, 0.1) is 0 Å². The lowest BCUT2D eigenvalue weighted by atomic mass is 10.1.